The fourth-order valence-corrected chi connectivity index (χ4v) is 3.04. The summed E-state index contributed by atoms with van der Waals surface area (Å²) in [4.78, 5) is 24.5. The van der Waals surface area contributed by atoms with E-state index in [0.29, 0.717) is 21.2 Å². The maximum Gasteiger partial charge on any atom is 0.345 e. The van der Waals surface area contributed by atoms with Gasteiger partial charge in [0.25, 0.3) is 5.91 Å². The molecule has 0 aliphatic rings. The molecular formula is C21H13BrCl2N2O3. The average Bonchev–Trinajstić information content (AvgIpc) is 2.70. The fraction of sp³-hybridized carbons (Fsp3) is 0. The number of carbonyl (C=O) groups is 2. The molecule has 0 radical (unpaired) electrons. The Kier molecular flexibility index (Phi) is 7.04. The summed E-state index contributed by atoms with van der Waals surface area (Å²) < 4.78 is 6.21. The first-order valence-electron chi connectivity index (χ1n) is 8.29. The Bertz CT molecular complexity index is 1090. The van der Waals surface area contributed by atoms with Crippen molar-refractivity contribution in [3.8, 4) is 5.75 Å². The van der Waals surface area contributed by atoms with Crippen LogP contribution in [-0.2, 0) is 0 Å². The zero-order valence-electron chi connectivity index (χ0n) is 14.7. The van der Waals surface area contributed by atoms with Gasteiger partial charge >= 0.3 is 5.97 Å². The van der Waals surface area contributed by atoms with Crippen LogP contribution in [0.4, 0.5) is 0 Å². The Labute approximate surface area is 185 Å². The number of rotatable bonds is 5. The van der Waals surface area contributed by atoms with Gasteiger partial charge in [-0.15, -0.1) is 0 Å². The van der Waals surface area contributed by atoms with E-state index in [1.54, 1.807) is 66.7 Å². The highest BCUT2D eigenvalue weighted by molar-refractivity contribution is 9.10. The number of hydrazone groups is 1. The number of ether oxygens (including phenoxy) is 1. The molecule has 0 fully saturated rings. The van der Waals surface area contributed by atoms with Crippen LogP contribution in [0.25, 0.3) is 0 Å². The second-order valence-electron chi connectivity index (χ2n) is 5.76. The summed E-state index contributed by atoms with van der Waals surface area (Å²) in [6.45, 7) is 0. The minimum atomic E-state index is -0.599. The first-order valence-corrected chi connectivity index (χ1v) is 9.84. The van der Waals surface area contributed by atoms with Gasteiger partial charge in [0.05, 0.1) is 16.8 Å². The monoisotopic (exact) mass is 490 g/mol. The lowest BCUT2D eigenvalue weighted by atomic mass is 10.2. The molecule has 0 atom stereocenters. The van der Waals surface area contributed by atoms with Crippen LogP contribution in [-0.4, -0.2) is 18.1 Å². The summed E-state index contributed by atoms with van der Waals surface area (Å²) in [7, 11) is 0. The predicted octanol–water partition coefficient (Wildman–Crippen LogP) is 5.74. The molecule has 8 heteroatoms. The molecule has 0 aromatic heterocycles. The normalized spacial score (nSPS) is 10.7. The quantitative estimate of drug-likeness (QED) is 0.214. The molecule has 0 saturated heterocycles. The molecule has 0 bridgehead atoms. The lowest BCUT2D eigenvalue weighted by Crippen LogP contribution is -2.17. The molecule has 1 N–H and O–H groups in total. The van der Waals surface area contributed by atoms with Crippen LogP contribution in [0.15, 0.2) is 76.3 Å². The Morgan fingerprint density at radius 3 is 2.45 bits per heavy atom. The minimum absolute atomic E-state index is 0.246. The van der Waals surface area contributed by atoms with E-state index >= 15 is 0 Å². The third kappa shape index (κ3) is 5.67. The Morgan fingerprint density at radius 1 is 1.00 bits per heavy atom. The van der Waals surface area contributed by atoms with Crippen molar-refractivity contribution >= 4 is 57.2 Å². The van der Waals surface area contributed by atoms with Crippen molar-refractivity contribution < 1.29 is 14.3 Å². The highest BCUT2D eigenvalue weighted by Crippen LogP contribution is 2.24. The van der Waals surface area contributed by atoms with Gasteiger partial charge in [0.2, 0.25) is 0 Å². The summed E-state index contributed by atoms with van der Waals surface area (Å²) in [6, 6.07) is 18.0. The maximum atomic E-state index is 12.4. The number of hydrogen-bond acceptors (Lipinski definition) is 4. The third-order valence-corrected chi connectivity index (χ3v) is 4.82. The average molecular weight is 492 g/mol. The van der Waals surface area contributed by atoms with Gasteiger partial charge in [-0.05, 0) is 54.6 Å². The SMILES string of the molecule is O=C(NN=Cc1cc(Br)ccc1OC(=O)c1ccccc1Cl)c1ccc(Cl)cc1. The van der Waals surface area contributed by atoms with E-state index in [0.717, 1.165) is 4.47 Å². The van der Waals surface area contributed by atoms with E-state index in [4.69, 9.17) is 27.9 Å². The fourth-order valence-electron chi connectivity index (χ4n) is 2.32. The number of esters is 1. The van der Waals surface area contributed by atoms with Gasteiger partial charge in [-0.3, -0.25) is 4.79 Å². The van der Waals surface area contributed by atoms with Crippen molar-refractivity contribution in [2.24, 2.45) is 5.10 Å². The summed E-state index contributed by atoms with van der Waals surface area (Å²) in [5.74, 6) is -0.733. The smallest absolute Gasteiger partial charge is 0.345 e. The second kappa shape index (κ2) is 9.69. The van der Waals surface area contributed by atoms with E-state index in [2.05, 4.69) is 26.5 Å². The molecule has 0 saturated carbocycles. The van der Waals surface area contributed by atoms with Gasteiger partial charge < -0.3 is 4.74 Å². The summed E-state index contributed by atoms with van der Waals surface area (Å²) in [6.07, 6.45) is 1.38. The van der Waals surface area contributed by atoms with E-state index in [-0.39, 0.29) is 11.3 Å². The van der Waals surface area contributed by atoms with Gasteiger partial charge in [-0.25, -0.2) is 10.2 Å². The molecule has 0 spiro atoms. The zero-order valence-corrected chi connectivity index (χ0v) is 17.8. The Balaban J connectivity index is 1.75. The van der Waals surface area contributed by atoms with E-state index < -0.39 is 11.9 Å². The molecule has 146 valence electrons. The standard InChI is InChI=1S/C21H13BrCl2N2O3/c22-15-7-10-19(29-21(28)17-3-1-2-4-18(17)24)14(11-15)12-25-26-20(27)13-5-8-16(23)9-6-13/h1-12H,(H,26,27). The van der Waals surface area contributed by atoms with E-state index in [1.165, 1.54) is 6.21 Å². The molecule has 5 nitrogen and oxygen atoms in total. The van der Waals surface area contributed by atoms with Crippen LogP contribution >= 0.6 is 39.1 Å². The summed E-state index contributed by atoms with van der Waals surface area (Å²) >= 11 is 15.2. The van der Waals surface area contributed by atoms with Crippen LogP contribution in [0.2, 0.25) is 10.0 Å². The number of nitrogens with one attached hydrogen (secondary N) is 1. The number of amides is 1. The van der Waals surface area contributed by atoms with Gasteiger partial charge in [-0.1, -0.05) is 51.3 Å². The van der Waals surface area contributed by atoms with Crippen LogP contribution in [0.1, 0.15) is 26.3 Å². The van der Waals surface area contributed by atoms with Gasteiger partial charge in [0.1, 0.15) is 5.75 Å². The maximum absolute atomic E-state index is 12.4. The zero-order chi connectivity index (χ0) is 20.8. The number of halogens is 3. The lowest BCUT2D eigenvalue weighted by Gasteiger charge is -2.09. The third-order valence-electron chi connectivity index (χ3n) is 3.74. The van der Waals surface area contributed by atoms with Gasteiger partial charge in [0.15, 0.2) is 0 Å². The van der Waals surface area contributed by atoms with E-state index in [9.17, 15) is 9.59 Å². The predicted molar refractivity (Wildman–Crippen MR) is 117 cm³/mol. The number of hydrogen-bond donors (Lipinski definition) is 1. The first-order chi connectivity index (χ1) is 13.9. The number of nitrogens with zero attached hydrogens (tertiary/aromatic N) is 1. The topological polar surface area (TPSA) is 67.8 Å². The van der Waals surface area contributed by atoms with Gasteiger partial charge in [-0.2, -0.15) is 5.10 Å². The molecule has 3 rings (SSSR count). The first kappa shape index (κ1) is 21.0. The molecule has 0 aliphatic heterocycles. The van der Waals surface area contributed by atoms with Crippen LogP contribution in [0, 0.1) is 0 Å². The molecular weight excluding hydrogens is 479 g/mol. The molecule has 0 heterocycles. The largest absolute Gasteiger partial charge is 0.422 e. The number of benzene rings is 3. The van der Waals surface area contributed by atoms with Crippen molar-refractivity contribution in [3.63, 3.8) is 0 Å². The Morgan fingerprint density at radius 2 is 1.72 bits per heavy atom. The van der Waals surface area contributed by atoms with Gasteiger partial charge in [0, 0.05) is 20.6 Å². The van der Waals surface area contributed by atoms with Crippen molar-refractivity contribution in [2.75, 3.05) is 0 Å². The van der Waals surface area contributed by atoms with Crippen LogP contribution in [0.5, 0.6) is 5.75 Å². The summed E-state index contributed by atoms with van der Waals surface area (Å²) in [5, 5.41) is 4.77. The Hall–Kier alpha value is -2.67. The lowest BCUT2D eigenvalue weighted by molar-refractivity contribution is 0.0734. The van der Waals surface area contributed by atoms with Crippen LogP contribution < -0.4 is 10.2 Å². The van der Waals surface area contributed by atoms with Crippen molar-refractivity contribution in [1.82, 2.24) is 5.43 Å². The number of carbonyl (C=O) groups excluding carboxylic acids is 2. The van der Waals surface area contributed by atoms with Crippen molar-refractivity contribution in [3.05, 3.63) is 97.9 Å². The molecule has 1 amide bonds. The molecule has 29 heavy (non-hydrogen) atoms. The molecule has 3 aromatic carbocycles. The highest BCUT2D eigenvalue weighted by Gasteiger charge is 2.14. The molecule has 0 aliphatic carbocycles. The summed E-state index contributed by atoms with van der Waals surface area (Å²) in [5.41, 5.74) is 3.56. The van der Waals surface area contributed by atoms with E-state index in [1.807, 2.05) is 0 Å². The van der Waals surface area contributed by atoms with Crippen molar-refractivity contribution in [2.45, 2.75) is 0 Å². The minimum Gasteiger partial charge on any atom is -0.422 e. The van der Waals surface area contributed by atoms with Crippen LogP contribution in [0.3, 0.4) is 0 Å². The second-order valence-corrected chi connectivity index (χ2v) is 7.52. The molecule has 0 unspecified atom stereocenters. The molecule has 3 aromatic rings. The van der Waals surface area contributed by atoms with Crippen molar-refractivity contribution in [1.29, 1.82) is 0 Å². The highest BCUT2D eigenvalue weighted by atomic mass is 79.9.